The Morgan fingerprint density at radius 3 is 2.87 bits per heavy atom. The van der Waals surface area contributed by atoms with Gasteiger partial charge in [-0.2, -0.15) is 5.90 Å². The van der Waals surface area contributed by atoms with E-state index in [2.05, 4.69) is 43.0 Å². The number of allylic oxidation sites excluding steroid dienone is 6. The van der Waals surface area contributed by atoms with Gasteiger partial charge >= 0.3 is 0 Å². The molecule has 2 N–H and O–H groups in total. The average Bonchev–Trinajstić information content (AvgIpc) is 2.27. The summed E-state index contributed by atoms with van der Waals surface area (Å²) in [4.78, 5) is 4.65. The maximum absolute atomic E-state index is 5.08. The number of hydrogen-bond acceptors (Lipinski definition) is 2. The normalized spacial score (nSPS) is 26.4. The van der Waals surface area contributed by atoms with E-state index in [9.17, 15) is 0 Å². The van der Waals surface area contributed by atoms with Crippen molar-refractivity contribution in [2.75, 3.05) is 0 Å². The standard InChI is InChI=1S/C13H21NO/c1-4-12-6-9-13(3,10-7-12)8-5-11(2)15-14/h5-7,9H,4,8,10,14H2,1-3H3/b11-5-. The lowest BCUT2D eigenvalue weighted by Crippen LogP contribution is -2.14. The molecule has 0 radical (unpaired) electrons. The van der Waals surface area contributed by atoms with Crippen LogP contribution in [0.25, 0.3) is 0 Å². The van der Waals surface area contributed by atoms with E-state index in [1.165, 1.54) is 5.57 Å². The molecular weight excluding hydrogens is 186 g/mol. The summed E-state index contributed by atoms with van der Waals surface area (Å²) in [6.45, 7) is 6.32. The molecular formula is C13H21NO. The van der Waals surface area contributed by atoms with Crippen molar-refractivity contribution in [3.8, 4) is 0 Å². The Kier molecular flexibility index (Phi) is 4.15. The molecule has 0 aromatic rings. The molecule has 1 unspecified atom stereocenters. The van der Waals surface area contributed by atoms with Gasteiger partial charge in [-0.15, -0.1) is 0 Å². The summed E-state index contributed by atoms with van der Waals surface area (Å²) < 4.78 is 0. The van der Waals surface area contributed by atoms with E-state index in [1.807, 2.05) is 6.92 Å². The van der Waals surface area contributed by atoms with Crippen molar-refractivity contribution in [3.63, 3.8) is 0 Å². The Morgan fingerprint density at radius 1 is 1.67 bits per heavy atom. The van der Waals surface area contributed by atoms with E-state index >= 15 is 0 Å². The van der Waals surface area contributed by atoms with Crippen molar-refractivity contribution in [3.05, 3.63) is 35.6 Å². The predicted octanol–water partition coefficient (Wildman–Crippen LogP) is 3.47. The third-order valence-electron chi connectivity index (χ3n) is 2.98. The second-order valence-corrected chi connectivity index (χ2v) is 4.46. The van der Waals surface area contributed by atoms with Crippen LogP contribution in [0.1, 0.15) is 40.0 Å². The van der Waals surface area contributed by atoms with E-state index < -0.39 is 0 Å². The van der Waals surface area contributed by atoms with Crippen LogP contribution in [-0.2, 0) is 4.84 Å². The minimum absolute atomic E-state index is 0.221. The molecule has 2 heteroatoms. The quantitative estimate of drug-likeness (QED) is 0.566. The average molecular weight is 207 g/mol. The molecule has 1 rings (SSSR count). The largest absolute Gasteiger partial charge is 0.417 e. The van der Waals surface area contributed by atoms with E-state index in [0.29, 0.717) is 0 Å². The first-order valence-electron chi connectivity index (χ1n) is 5.51. The zero-order chi connectivity index (χ0) is 11.3. The van der Waals surface area contributed by atoms with E-state index in [4.69, 9.17) is 5.90 Å². The van der Waals surface area contributed by atoms with Crippen LogP contribution in [-0.4, -0.2) is 0 Å². The van der Waals surface area contributed by atoms with Gasteiger partial charge in [0.25, 0.3) is 0 Å². The van der Waals surface area contributed by atoms with E-state index in [0.717, 1.165) is 25.0 Å². The molecule has 84 valence electrons. The molecule has 0 saturated heterocycles. The van der Waals surface area contributed by atoms with Crippen LogP contribution >= 0.6 is 0 Å². The lowest BCUT2D eigenvalue weighted by Gasteiger charge is -2.26. The molecule has 0 saturated carbocycles. The first-order chi connectivity index (χ1) is 7.09. The first-order valence-corrected chi connectivity index (χ1v) is 5.51. The van der Waals surface area contributed by atoms with Crippen molar-refractivity contribution in [2.24, 2.45) is 11.3 Å². The molecule has 0 aromatic carbocycles. The zero-order valence-corrected chi connectivity index (χ0v) is 9.92. The fourth-order valence-electron chi connectivity index (χ4n) is 1.65. The zero-order valence-electron chi connectivity index (χ0n) is 9.92. The lowest BCUT2D eigenvalue weighted by molar-refractivity contribution is 0.219. The number of hydrogen-bond donors (Lipinski definition) is 1. The molecule has 0 spiro atoms. The van der Waals surface area contributed by atoms with Crippen LogP contribution in [0.5, 0.6) is 0 Å². The highest BCUT2D eigenvalue weighted by molar-refractivity contribution is 5.26. The SMILES string of the molecule is CCC1=CCC(C)(C/C=C(/C)ON)C=C1. The summed E-state index contributed by atoms with van der Waals surface area (Å²) in [7, 11) is 0. The Hall–Kier alpha value is -1.02. The highest BCUT2D eigenvalue weighted by atomic mass is 16.6. The van der Waals surface area contributed by atoms with Crippen molar-refractivity contribution in [1.29, 1.82) is 0 Å². The van der Waals surface area contributed by atoms with Crippen LogP contribution in [0.15, 0.2) is 35.6 Å². The summed E-state index contributed by atoms with van der Waals surface area (Å²) in [6.07, 6.45) is 12.1. The molecule has 1 atom stereocenters. The van der Waals surface area contributed by atoms with Gasteiger partial charge < -0.3 is 4.84 Å². The summed E-state index contributed by atoms with van der Waals surface area (Å²) in [5, 5.41) is 0. The van der Waals surface area contributed by atoms with Crippen LogP contribution in [0, 0.1) is 5.41 Å². The summed E-state index contributed by atoms with van der Waals surface area (Å²) in [6, 6.07) is 0. The lowest BCUT2D eigenvalue weighted by atomic mass is 9.79. The summed E-state index contributed by atoms with van der Waals surface area (Å²) in [5.41, 5.74) is 1.65. The van der Waals surface area contributed by atoms with Gasteiger partial charge in [0.05, 0.1) is 0 Å². The van der Waals surface area contributed by atoms with Gasteiger partial charge in [0.2, 0.25) is 0 Å². The number of rotatable bonds is 4. The van der Waals surface area contributed by atoms with Gasteiger partial charge in [-0.25, -0.2) is 0 Å². The second kappa shape index (κ2) is 5.17. The molecule has 0 aliphatic heterocycles. The Balaban J connectivity index is 2.57. The van der Waals surface area contributed by atoms with Gasteiger partial charge in [0, 0.05) is 0 Å². The minimum Gasteiger partial charge on any atom is -0.417 e. The first kappa shape index (κ1) is 12.1. The molecule has 15 heavy (non-hydrogen) atoms. The van der Waals surface area contributed by atoms with Gasteiger partial charge in [0.1, 0.15) is 5.76 Å². The monoisotopic (exact) mass is 207 g/mol. The molecule has 1 aliphatic rings. The highest BCUT2D eigenvalue weighted by Gasteiger charge is 2.20. The predicted molar refractivity (Wildman–Crippen MR) is 63.9 cm³/mol. The maximum atomic E-state index is 5.08. The van der Waals surface area contributed by atoms with Gasteiger partial charge in [-0.05, 0) is 37.7 Å². The van der Waals surface area contributed by atoms with Crippen molar-refractivity contribution in [1.82, 2.24) is 0 Å². The van der Waals surface area contributed by atoms with Gasteiger partial charge in [-0.1, -0.05) is 37.6 Å². The van der Waals surface area contributed by atoms with E-state index in [-0.39, 0.29) is 5.41 Å². The Morgan fingerprint density at radius 2 is 2.40 bits per heavy atom. The smallest absolute Gasteiger partial charge is 0.116 e. The fraction of sp³-hybridized carbons (Fsp3) is 0.538. The molecule has 2 nitrogen and oxygen atoms in total. The Labute approximate surface area is 92.5 Å². The van der Waals surface area contributed by atoms with Gasteiger partial charge in [-0.3, -0.25) is 0 Å². The molecule has 0 bridgehead atoms. The highest BCUT2D eigenvalue weighted by Crippen LogP contribution is 2.34. The second-order valence-electron chi connectivity index (χ2n) is 4.46. The third kappa shape index (κ3) is 3.56. The van der Waals surface area contributed by atoms with Crippen LogP contribution < -0.4 is 5.90 Å². The molecule has 0 amide bonds. The summed E-state index contributed by atoms with van der Waals surface area (Å²) >= 11 is 0. The van der Waals surface area contributed by atoms with Crippen LogP contribution in [0.4, 0.5) is 0 Å². The van der Waals surface area contributed by atoms with Crippen LogP contribution in [0.3, 0.4) is 0 Å². The Bertz CT molecular complexity index is 302. The molecule has 0 aromatic heterocycles. The van der Waals surface area contributed by atoms with E-state index in [1.54, 1.807) is 0 Å². The van der Waals surface area contributed by atoms with Gasteiger partial charge in [0.15, 0.2) is 0 Å². The minimum atomic E-state index is 0.221. The molecule has 0 heterocycles. The third-order valence-corrected chi connectivity index (χ3v) is 2.98. The molecule has 1 aliphatic carbocycles. The fourth-order valence-corrected chi connectivity index (χ4v) is 1.65. The van der Waals surface area contributed by atoms with Crippen molar-refractivity contribution >= 4 is 0 Å². The van der Waals surface area contributed by atoms with Crippen molar-refractivity contribution in [2.45, 2.75) is 40.0 Å². The molecule has 0 fully saturated rings. The van der Waals surface area contributed by atoms with Crippen LogP contribution in [0.2, 0.25) is 0 Å². The summed E-state index contributed by atoms with van der Waals surface area (Å²) in [5.74, 6) is 5.86. The van der Waals surface area contributed by atoms with Crippen molar-refractivity contribution < 1.29 is 4.84 Å². The number of nitrogens with two attached hydrogens (primary N) is 1. The topological polar surface area (TPSA) is 35.2 Å². The maximum Gasteiger partial charge on any atom is 0.116 e.